The molecule has 90 valence electrons. The first-order chi connectivity index (χ1) is 8.15. The first-order valence-corrected chi connectivity index (χ1v) is 5.65. The zero-order valence-electron chi connectivity index (χ0n) is 9.97. The lowest BCUT2D eigenvalue weighted by atomic mass is 10.0. The Labute approximate surface area is 99.5 Å². The summed E-state index contributed by atoms with van der Waals surface area (Å²) >= 11 is 0. The second-order valence-corrected chi connectivity index (χ2v) is 4.29. The molecule has 0 bridgehead atoms. The Morgan fingerprint density at radius 1 is 1.29 bits per heavy atom. The summed E-state index contributed by atoms with van der Waals surface area (Å²) in [4.78, 5) is 12.2. The predicted molar refractivity (Wildman–Crippen MR) is 66.4 cm³/mol. The number of H-pyrrole nitrogens is 1. The fourth-order valence-electron chi connectivity index (χ4n) is 1.97. The lowest BCUT2D eigenvalue weighted by molar-refractivity contribution is 0.274. The van der Waals surface area contributed by atoms with E-state index in [4.69, 9.17) is 0 Å². The molecule has 0 unspecified atom stereocenters. The van der Waals surface area contributed by atoms with Gasteiger partial charge in [0.1, 0.15) is 0 Å². The second-order valence-electron chi connectivity index (χ2n) is 4.29. The van der Waals surface area contributed by atoms with E-state index in [1.165, 1.54) is 4.68 Å². The first-order valence-electron chi connectivity index (χ1n) is 5.65. The van der Waals surface area contributed by atoms with Gasteiger partial charge in [0.15, 0.2) is 0 Å². The third kappa shape index (κ3) is 2.03. The number of aliphatic hydroxyl groups is 1. The van der Waals surface area contributed by atoms with Crippen LogP contribution < -0.4 is 5.56 Å². The number of hydrogen-bond acceptors (Lipinski definition) is 2. The van der Waals surface area contributed by atoms with E-state index in [9.17, 15) is 9.90 Å². The molecule has 2 N–H and O–H groups in total. The lowest BCUT2D eigenvalue weighted by Crippen LogP contribution is -2.17. The Morgan fingerprint density at radius 3 is 2.41 bits per heavy atom. The number of nitrogens with zero attached hydrogens (tertiary/aromatic N) is 1. The molecule has 1 heterocycles. The van der Waals surface area contributed by atoms with Gasteiger partial charge in [-0.2, -0.15) is 0 Å². The highest BCUT2D eigenvalue weighted by molar-refractivity contribution is 5.33. The van der Waals surface area contributed by atoms with Crippen LogP contribution in [-0.2, 0) is 6.61 Å². The van der Waals surface area contributed by atoms with Gasteiger partial charge in [-0.1, -0.05) is 32.0 Å². The molecule has 17 heavy (non-hydrogen) atoms. The number of nitrogens with one attached hydrogen (secondary N) is 1. The molecule has 1 aromatic heterocycles. The first kappa shape index (κ1) is 11.7. The molecule has 0 aliphatic heterocycles. The maximum absolute atomic E-state index is 12.2. The predicted octanol–water partition coefficient (Wildman–Crippen LogP) is 1.78. The van der Waals surface area contributed by atoms with Crippen LogP contribution in [0.5, 0.6) is 0 Å². The maximum atomic E-state index is 12.2. The highest BCUT2D eigenvalue weighted by atomic mass is 16.3. The van der Waals surface area contributed by atoms with Crippen LogP contribution in [0.25, 0.3) is 5.69 Å². The van der Waals surface area contributed by atoms with Crippen molar-refractivity contribution in [3.05, 3.63) is 51.9 Å². The second kappa shape index (κ2) is 4.59. The maximum Gasteiger partial charge on any atom is 0.275 e. The number of aliphatic hydroxyl groups excluding tert-OH is 1. The van der Waals surface area contributed by atoms with Crippen LogP contribution in [0.3, 0.4) is 0 Å². The molecule has 0 fully saturated rings. The SMILES string of the molecule is CC(C)c1c(CO)[nH]n(-c2ccccc2)c1=O. The van der Waals surface area contributed by atoms with Gasteiger partial charge in [0, 0.05) is 5.56 Å². The van der Waals surface area contributed by atoms with Crippen LogP contribution in [0.1, 0.15) is 31.0 Å². The van der Waals surface area contributed by atoms with Crippen molar-refractivity contribution in [3.8, 4) is 5.69 Å². The molecule has 2 aromatic rings. The van der Waals surface area contributed by atoms with E-state index in [0.717, 1.165) is 5.69 Å². The molecule has 4 nitrogen and oxygen atoms in total. The molecule has 0 aliphatic carbocycles. The van der Waals surface area contributed by atoms with E-state index in [0.29, 0.717) is 11.3 Å². The molecule has 0 aliphatic rings. The van der Waals surface area contributed by atoms with Crippen molar-refractivity contribution in [2.75, 3.05) is 0 Å². The number of aromatic amines is 1. The highest BCUT2D eigenvalue weighted by Gasteiger charge is 2.16. The van der Waals surface area contributed by atoms with Gasteiger partial charge in [0.25, 0.3) is 5.56 Å². The van der Waals surface area contributed by atoms with Crippen LogP contribution in [0, 0.1) is 0 Å². The summed E-state index contributed by atoms with van der Waals surface area (Å²) in [6.45, 7) is 3.74. The van der Waals surface area contributed by atoms with Gasteiger partial charge in [-0.3, -0.25) is 9.89 Å². The lowest BCUT2D eigenvalue weighted by Gasteiger charge is -2.00. The summed E-state index contributed by atoms with van der Waals surface area (Å²) in [7, 11) is 0. The summed E-state index contributed by atoms with van der Waals surface area (Å²) in [5.74, 6) is 0.0888. The van der Waals surface area contributed by atoms with Crippen molar-refractivity contribution < 1.29 is 5.11 Å². The van der Waals surface area contributed by atoms with Crippen molar-refractivity contribution >= 4 is 0 Å². The monoisotopic (exact) mass is 232 g/mol. The minimum atomic E-state index is -0.150. The third-order valence-electron chi connectivity index (χ3n) is 2.76. The van der Waals surface area contributed by atoms with E-state index in [1.807, 2.05) is 44.2 Å². The zero-order valence-corrected chi connectivity index (χ0v) is 9.97. The van der Waals surface area contributed by atoms with Gasteiger partial charge >= 0.3 is 0 Å². The third-order valence-corrected chi connectivity index (χ3v) is 2.76. The van der Waals surface area contributed by atoms with Crippen LogP contribution >= 0.6 is 0 Å². The molecule has 1 aromatic carbocycles. The highest BCUT2D eigenvalue weighted by Crippen LogP contribution is 2.15. The van der Waals surface area contributed by atoms with Crippen molar-refractivity contribution in [2.45, 2.75) is 26.4 Å². The van der Waals surface area contributed by atoms with Gasteiger partial charge < -0.3 is 5.11 Å². The summed E-state index contributed by atoms with van der Waals surface area (Å²) < 4.78 is 1.47. The Kier molecular flexibility index (Phi) is 3.15. The minimum absolute atomic E-state index is 0.0877. The topological polar surface area (TPSA) is 58.0 Å². The van der Waals surface area contributed by atoms with Crippen molar-refractivity contribution in [1.82, 2.24) is 9.78 Å². The van der Waals surface area contributed by atoms with E-state index in [2.05, 4.69) is 5.10 Å². The van der Waals surface area contributed by atoms with E-state index in [-0.39, 0.29) is 18.1 Å². The number of aromatic nitrogens is 2. The molecule has 0 saturated carbocycles. The van der Waals surface area contributed by atoms with Crippen LogP contribution in [-0.4, -0.2) is 14.9 Å². The van der Waals surface area contributed by atoms with Crippen LogP contribution in [0.2, 0.25) is 0 Å². The molecule has 0 saturated heterocycles. The van der Waals surface area contributed by atoms with Gasteiger partial charge in [0.05, 0.1) is 18.0 Å². The van der Waals surface area contributed by atoms with Gasteiger partial charge in [-0.25, -0.2) is 4.68 Å². The van der Waals surface area contributed by atoms with E-state index < -0.39 is 0 Å². The Hall–Kier alpha value is -1.81. The summed E-state index contributed by atoms with van der Waals surface area (Å²) in [6, 6.07) is 9.34. The smallest absolute Gasteiger partial charge is 0.275 e. The number of hydrogen-bond donors (Lipinski definition) is 2. The normalized spacial score (nSPS) is 11.1. The Morgan fingerprint density at radius 2 is 1.94 bits per heavy atom. The minimum Gasteiger partial charge on any atom is -0.390 e. The Balaban J connectivity index is 2.62. The Bertz CT molecular complexity index is 553. The largest absolute Gasteiger partial charge is 0.390 e. The van der Waals surface area contributed by atoms with Gasteiger partial charge in [0.2, 0.25) is 0 Å². The molecule has 0 radical (unpaired) electrons. The fourth-order valence-corrected chi connectivity index (χ4v) is 1.97. The number of rotatable bonds is 3. The zero-order chi connectivity index (χ0) is 12.4. The molecule has 0 amide bonds. The average Bonchev–Trinajstić information content (AvgIpc) is 2.67. The van der Waals surface area contributed by atoms with E-state index >= 15 is 0 Å². The number of para-hydroxylation sites is 1. The van der Waals surface area contributed by atoms with Crippen LogP contribution in [0.15, 0.2) is 35.1 Å². The summed E-state index contributed by atoms with van der Waals surface area (Å²) in [5, 5.41) is 12.2. The molecular weight excluding hydrogens is 216 g/mol. The fraction of sp³-hybridized carbons (Fsp3) is 0.308. The molecular formula is C13H16N2O2. The standard InChI is InChI=1S/C13H16N2O2/c1-9(2)12-11(8-16)14-15(13(12)17)10-6-4-3-5-7-10/h3-7,9,14,16H,8H2,1-2H3. The van der Waals surface area contributed by atoms with Crippen molar-refractivity contribution in [2.24, 2.45) is 0 Å². The van der Waals surface area contributed by atoms with Crippen molar-refractivity contribution in [3.63, 3.8) is 0 Å². The molecule has 0 atom stereocenters. The van der Waals surface area contributed by atoms with Crippen LogP contribution in [0.4, 0.5) is 0 Å². The van der Waals surface area contributed by atoms with Crippen molar-refractivity contribution in [1.29, 1.82) is 0 Å². The van der Waals surface area contributed by atoms with Gasteiger partial charge in [-0.05, 0) is 18.1 Å². The quantitative estimate of drug-likeness (QED) is 0.847. The molecule has 0 spiro atoms. The average molecular weight is 232 g/mol. The molecule has 2 rings (SSSR count). The summed E-state index contributed by atoms with van der Waals surface area (Å²) in [5.41, 5.74) is 1.93. The molecule has 4 heteroatoms. The number of benzene rings is 1. The van der Waals surface area contributed by atoms with E-state index in [1.54, 1.807) is 0 Å². The summed E-state index contributed by atoms with van der Waals surface area (Å²) in [6.07, 6.45) is 0. The van der Waals surface area contributed by atoms with Gasteiger partial charge in [-0.15, -0.1) is 0 Å².